The minimum absolute atomic E-state index is 0.00335. The van der Waals surface area contributed by atoms with Crippen LogP contribution in [0.25, 0.3) is 11.6 Å². The third-order valence-electron chi connectivity index (χ3n) is 4.47. The zero-order valence-corrected chi connectivity index (χ0v) is 17.8. The van der Waals surface area contributed by atoms with Crippen LogP contribution in [0.4, 0.5) is 0 Å². The number of amides is 1. The number of rotatable bonds is 9. The van der Waals surface area contributed by atoms with Gasteiger partial charge in [-0.15, -0.1) is 0 Å². The highest BCUT2D eigenvalue weighted by atomic mass is 16.5. The number of benzene rings is 1. The second-order valence-electron chi connectivity index (χ2n) is 6.78. The van der Waals surface area contributed by atoms with E-state index in [9.17, 15) is 9.59 Å². The van der Waals surface area contributed by atoms with Crippen molar-refractivity contribution in [2.75, 3.05) is 13.7 Å². The fourth-order valence-corrected chi connectivity index (χ4v) is 2.84. The van der Waals surface area contributed by atoms with Crippen LogP contribution in [0.15, 0.2) is 62.4 Å². The molecule has 1 aromatic carbocycles. The number of nitrogens with zero attached hydrogens (tertiary/aromatic N) is 4. The Morgan fingerprint density at radius 2 is 1.85 bits per heavy atom. The summed E-state index contributed by atoms with van der Waals surface area (Å²) in [5.41, 5.74) is 0.974. The second kappa shape index (κ2) is 10.2. The monoisotopic (exact) mass is 463 g/mol. The van der Waals surface area contributed by atoms with Gasteiger partial charge in [0.05, 0.1) is 20.3 Å². The molecule has 4 aromatic rings. The molecule has 0 radical (unpaired) electrons. The lowest BCUT2D eigenvalue weighted by Crippen LogP contribution is -2.32. The molecule has 0 aliphatic rings. The standard InChI is InChI=1S/C22H17N5O7/c1-30-22(29)17-12-34-20(27-17)15(9-31-8-13-5-3-2-4-6-13)25-19(28)14-10-33-21(26-14)16-11-32-18(7-23)24-16/h2-6,10-12,15H,8-9H2,1H3,(H,25,28). The fraction of sp³-hybridized carbons (Fsp3) is 0.182. The number of oxazole rings is 3. The SMILES string of the molecule is COC(=O)c1coc(C(COCc2ccccc2)NC(=O)c2coc(-c3coc(C#N)n3)n2)n1. The summed E-state index contributed by atoms with van der Waals surface area (Å²) in [6, 6.07) is 10.3. The van der Waals surface area contributed by atoms with Crippen molar-refractivity contribution in [3.8, 4) is 17.7 Å². The lowest BCUT2D eigenvalue weighted by Gasteiger charge is -2.15. The molecule has 0 spiro atoms. The van der Waals surface area contributed by atoms with Crippen molar-refractivity contribution in [1.29, 1.82) is 5.26 Å². The van der Waals surface area contributed by atoms with Crippen LogP contribution >= 0.6 is 0 Å². The molecule has 1 atom stereocenters. The highest BCUT2D eigenvalue weighted by molar-refractivity contribution is 5.92. The average Bonchev–Trinajstić information content (AvgIpc) is 3.63. The fourth-order valence-electron chi connectivity index (χ4n) is 2.84. The normalized spacial score (nSPS) is 11.5. The van der Waals surface area contributed by atoms with Crippen molar-refractivity contribution in [2.24, 2.45) is 0 Å². The molecular weight excluding hydrogens is 446 g/mol. The number of aromatic nitrogens is 3. The summed E-state index contributed by atoms with van der Waals surface area (Å²) in [6.07, 6.45) is 3.44. The van der Waals surface area contributed by atoms with Crippen molar-refractivity contribution in [1.82, 2.24) is 20.3 Å². The Morgan fingerprint density at radius 3 is 2.59 bits per heavy atom. The number of nitriles is 1. The van der Waals surface area contributed by atoms with E-state index in [0.717, 1.165) is 18.1 Å². The first-order valence-corrected chi connectivity index (χ1v) is 9.85. The Kier molecular flexibility index (Phi) is 6.76. The van der Waals surface area contributed by atoms with Gasteiger partial charge in [0.25, 0.3) is 5.91 Å². The summed E-state index contributed by atoms with van der Waals surface area (Å²) in [6.45, 7) is 0.264. The second-order valence-corrected chi connectivity index (χ2v) is 6.78. The van der Waals surface area contributed by atoms with Crippen LogP contribution < -0.4 is 5.32 Å². The number of carbonyl (C=O) groups excluding carboxylic acids is 2. The van der Waals surface area contributed by atoms with Crippen molar-refractivity contribution in [3.63, 3.8) is 0 Å². The molecule has 12 heteroatoms. The first-order chi connectivity index (χ1) is 16.6. The summed E-state index contributed by atoms with van der Waals surface area (Å²) in [7, 11) is 1.22. The first-order valence-electron chi connectivity index (χ1n) is 9.85. The molecule has 1 N–H and O–H groups in total. The van der Waals surface area contributed by atoms with E-state index in [-0.39, 0.29) is 48.0 Å². The van der Waals surface area contributed by atoms with Crippen LogP contribution in [0.2, 0.25) is 0 Å². The number of ether oxygens (including phenoxy) is 2. The molecule has 3 aromatic heterocycles. The molecule has 0 bridgehead atoms. The van der Waals surface area contributed by atoms with Gasteiger partial charge in [-0.05, 0) is 5.56 Å². The average molecular weight is 463 g/mol. The number of methoxy groups -OCH3 is 1. The van der Waals surface area contributed by atoms with Gasteiger partial charge in [-0.2, -0.15) is 10.2 Å². The van der Waals surface area contributed by atoms with Gasteiger partial charge in [0.1, 0.15) is 24.8 Å². The van der Waals surface area contributed by atoms with Crippen LogP contribution in [0.1, 0.15) is 44.4 Å². The van der Waals surface area contributed by atoms with Crippen LogP contribution in [0.3, 0.4) is 0 Å². The summed E-state index contributed by atoms with van der Waals surface area (Å²) < 4.78 is 25.9. The van der Waals surface area contributed by atoms with Crippen molar-refractivity contribution in [2.45, 2.75) is 12.6 Å². The maximum atomic E-state index is 12.8. The molecule has 0 aliphatic heterocycles. The Morgan fingerprint density at radius 1 is 1.06 bits per heavy atom. The quantitative estimate of drug-likeness (QED) is 0.362. The minimum atomic E-state index is -0.855. The smallest absolute Gasteiger partial charge is 0.360 e. The van der Waals surface area contributed by atoms with Gasteiger partial charge >= 0.3 is 11.9 Å². The number of hydrogen-bond donors (Lipinski definition) is 1. The molecule has 12 nitrogen and oxygen atoms in total. The van der Waals surface area contributed by atoms with E-state index in [2.05, 4.69) is 25.0 Å². The van der Waals surface area contributed by atoms with Crippen molar-refractivity contribution >= 4 is 11.9 Å². The maximum absolute atomic E-state index is 12.8. The van der Waals surface area contributed by atoms with Crippen LogP contribution in [0.5, 0.6) is 0 Å². The predicted molar refractivity (Wildman–Crippen MR) is 111 cm³/mol. The molecule has 0 aliphatic carbocycles. The zero-order valence-electron chi connectivity index (χ0n) is 17.8. The van der Waals surface area contributed by atoms with Crippen molar-refractivity contribution < 1.29 is 32.3 Å². The van der Waals surface area contributed by atoms with E-state index in [1.165, 1.54) is 13.4 Å². The molecule has 0 saturated heterocycles. The van der Waals surface area contributed by atoms with Gasteiger partial charge in [0, 0.05) is 0 Å². The van der Waals surface area contributed by atoms with Gasteiger partial charge in [-0.25, -0.2) is 14.8 Å². The largest absolute Gasteiger partial charge is 0.464 e. The molecule has 1 unspecified atom stereocenters. The zero-order chi connectivity index (χ0) is 23.9. The Labute approximate surface area is 192 Å². The molecular formula is C22H17N5O7. The van der Waals surface area contributed by atoms with Crippen LogP contribution in [-0.4, -0.2) is 40.5 Å². The van der Waals surface area contributed by atoms with E-state index in [1.54, 1.807) is 6.07 Å². The summed E-state index contributed by atoms with van der Waals surface area (Å²) in [5.74, 6) is -1.43. The van der Waals surface area contributed by atoms with E-state index < -0.39 is 17.9 Å². The Hall–Kier alpha value is -4.76. The number of carbonyl (C=O) groups is 2. The van der Waals surface area contributed by atoms with E-state index >= 15 is 0 Å². The first kappa shape index (κ1) is 22.4. The lowest BCUT2D eigenvalue weighted by molar-refractivity contribution is 0.0593. The van der Waals surface area contributed by atoms with E-state index in [1.807, 2.05) is 30.3 Å². The van der Waals surface area contributed by atoms with Crippen LogP contribution in [0, 0.1) is 11.3 Å². The summed E-state index contributed by atoms with van der Waals surface area (Å²) >= 11 is 0. The number of hydrogen-bond acceptors (Lipinski definition) is 11. The molecule has 34 heavy (non-hydrogen) atoms. The summed E-state index contributed by atoms with van der Waals surface area (Å²) in [4.78, 5) is 36.6. The van der Waals surface area contributed by atoms with E-state index in [0.29, 0.717) is 0 Å². The van der Waals surface area contributed by atoms with Gasteiger partial charge in [-0.3, -0.25) is 4.79 Å². The maximum Gasteiger partial charge on any atom is 0.360 e. The molecule has 172 valence electrons. The van der Waals surface area contributed by atoms with Gasteiger partial charge < -0.3 is 28.0 Å². The highest BCUT2D eigenvalue weighted by Gasteiger charge is 2.25. The Bertz CT molecular complexity index is 1320. The van der Waals surface area contributed by atoms with Gasteiger partial charge in [0.2, 0.25) is 11.8 Å². The van der Waals surface area contributed by atoms with Crippen LogP contribution in [-0.2, 0) is 16.1 Å². The topological polar surface area (TPSA) is 167 Å². The molecule has 1 amide bonds. The molecule has 4 rings (SSSR count). The predicted octanol–water partition coefficient (Wildman–Crippen LogP) is 2.66. The van der Waals surface area contributed by atoms with Gasteiger partial charge in [-0.1, -0.05) is 30.3 Å². The molecule has 0 fully saturated rings. The number of esters is 1. The molecule has 3 heterocycles. The van der Waals surface area contributed by atoms with Gasteiger partial charge in [0.15, 0.2) is 23.2 Å². The van der Waals surface area contributed by atoms with E-state index in [4.69, 9.17) is 23.3 Å². The third-order valence-corrected chi connectivity index (χ3v) is 4.47. The lowest BCUT2D eigenvalue weighted by atomic mass is 10.2. The number of nitrogens with one attached hydrogen (secondary N) is 1. The summed E-state index contributed by atoms with van der Waals surface area (Å²) in [5, 5.41) is 11.5. The highest BCUT2D eigenvalue weighted by Crippen LogP contribution is 2.19. The minimum Gasteiger partial charge on any atom is -0.464 e. The third kappa shape index (κ3) is 5.17. The molecule has 0 saturated carbocycles. The van der Waals surface area contributed by atoms with Crippen molar-refractivity contribution in [3.05, 3.63) is 77.9 Å². The Balaban J connectivity index is 1.49.